The van der Waals surface area contributed by atoms with Crippen molar-refractivity contribution in [2.45, 2.75) is 6.92 Å². The van der Waals surface area contributed by atoms with Gasteiger partial charge in [0.2, 0.25) is 0 Å². The summed E-state index contributed by atoms with van der Waals surface area (Å²) in [5, 5.41) is 9.31. The van der Waals surface area contributed by atoms with Crippen LogP contribution in [-0.2, 0) is 0 Å². The molecule has 0 unspecified atom stereocenters. The number of para-hydroxylation sites is 1. The molecule has 0 radical (unpaired) electrons. The Labute approximate surface area is 110 Å². The Kier molecular flexibility index (Phi) is 3.40. The minimum atomic E-state index is 0.414. The highest BCUT2D eigenvalue weighted by Gasteiger charge is 2.09. The quantitative estimate of drug-likeness (QED) is 0.831. The zero-order valence-electron chi connectivity index (χ0n) is 9.77. The molecule has 0 aromatic heterocycles. The van der Waals surface area contributed by atoms with Crippen LogP contribution >= 0.6 is 11.6 Å². The van der Waals surface area contributed by atoms with E-state index in [1.54, 1.807) is 30.3 Å². The molecule has 0 atom stereocenters. The first-order valence-corrected chi connectivity index (χ1v) is 5.72. The second-order valence-corrected chi connectivity index (χ2v) is 4.26. The van der Waals surface area contributed by atoms with Gasteiger partial charge in [-0.1, -0.05) is 23.7 Å². The monoisotopic (exact) mass is 258 g/mol. The molecule has 0 aliphatic rings. The van der Waals surface area contributed by atoms with Gasteiger partial charge in [-0.15, -0.1) is 0 Å². The van der Waals surface area contributed by atoms with Crippen LogP contribution < -0.4 is 10.5 Å². The summed E-state index contributed by atoms with van der Waals surface area (Å²) in [4.78, 5) is 0. The maximum absolute atomic E-state index is 8.87. The van der Waals surface area contributed by atoms with Gasteiger partial charge < -0.3 is 10.5 Å². The molecular formula is C14H11ClN2O. The van der Waals surface area contributed by atoms with Gasteiger partial charge in [-0.25, -0.2) is 0 Å². The van der Waals surface area contributed by atoms with E-state index in [1.807, 2.05) is 13.0 Å². The van der Waals surface area contributed by atoms with Crippen LogP contribution in [0.5, 0.6) is 11.5 Å². The molecule has 0 fully saturated rings. The maximum atomic E-state index is 8.87. The maximum Gasteiger partial charge on any atom is 0.168 e. The van der Waals surface area contributed by atoms with Crippen molar-refractivity contribution >= 4 is 17.3 Å². The molecule has 0 amide bonds. The summed E-state index contributed by atoms with van der Waals surface area (Å²) in [5.74, 6) is 0.992. The van der Waals surface area contributed by atoms with Crippen molar-refractivity contribution in [3.63, 3.8) is 0 Å². The van der Waals surface area contributed by atoms with Crippen molar-refractivity contribution in [3.05, 3.63) is 52.5 Å². The molecule has 0 bridgehead atoms. The summed E-state index contributed by atoms with van der Waals surface area (Å²) in [6.45, 7) is 1.89. The molecule has 0 spiro atoms. The highest BCUT2D eigenvalue weighted by Crippen LogP contribution is 2.36. The topological polar surface area (TPSA) is 59.0 Å². The number of hydrogen-bond donors (Lipinski definition) is 1. The first-order valence-electron chi connectivity index (χ1n) is 5.34. The van der Waals surface area contributed by atoms with Crippen molar-refractivity contribution in [2.75, 3.05) is 5.73 Å². The first-order chi connectivity index (χ1) is 8.61. The Bertz CT molecular complexity index is 612. The number of nitrogens with two attached hydrogens (primary N) is 1. The van der Waals surface area contributed by atoms with Gasteiger partial charge in [0.1, 0.15) is 5.75 Å². The number of nitriles is 1. The van der Waals surface area contributed by atoms with Crippen molar-refractivity contribution in [1.82, 2.24) is 0 Å². The van der Waals surface area contributed by atoms with Gasteiger partial charge in [-0.2, -0.15) is 5.26 Å². The highest BCUT2D eigenvalue weighted by atomic mass is 35.5. The normalized spacial score (nSPS) is 9.83. The SMILES string of the molecule is Cc1ccc(C#N)cc1Oc1c(N)cccc1Cl. The lowest BCUT2D eigenvalue weighted by Crippen LogP contribution is -1.94. The fourth-order valence-corrected chi connectivity index (χ4v) is 1.74. The number of aryl methyl sites for hydroxylation is 1. The number of hydrogen-bond acceptors (Lipinski definition) is 3. The summed E-state index contributed by atoms with van der Waals surface area (Å²) in [7, 11) is 0. The summed E-state index contributed by atoms with van der Waals surface area (Å²) >= 11 is 6.04. The third kappa shape index (κ3) is 2.39. The van der Waals surface area contributed by atoms with Gasteiger partial charge in [-0.3, -0.25) is 0 Å². The number of nitrogens with zero attached hydrogens (tertiary/aromatic N) is 1. The lowest BCUT2D eigenvalue weighted by atomic mass is 10.1. The summed E-state index contributed by atoms with van der Waals surface area (Å²) in [6, 6.07) is 12.5. The highest BCUT2D eigenvalue weighted by molar-refractivity contribution is 6.32. The van der Waals surface area contributed by atoms with Crippen LogP contribution in [-0.4, -0.2) is 0 Å². The third-order valence-corrected chi connectivity index (χ3v) is 2.82. The van der Waals surface area contributed by atoms with Gasteiger partial charge >= 0.3 is 0 Å². The van der Waals surface area contributed by atoms with E-state index in [2.05, 4.69) is 6.07 Å². The van der Waals surface area contributed by atoms with Gasteiger partial charge in [0, 0.05) is 0 Å². The zero-order chi connectivity index (χ0) is 13.1. The number of halogens is 1. The van der Waals surface area contributed by atoms with Gasteiger partial charge in [0.25, 0.3) is 0 Å². The second kappa shape index (κ2) is 4.99. The Morgan fingerprint density at radius 1 is 1.28 bits per heavy atom. The number of anilines is 1. The van der Waals surface area contributed by atoms with Crippen molar-refractivity contribution in [2.24, 2.45) is 0 Å². The summed E-state index contributed by atoms with van der Waals surface area (Å²) in [6.07, 6.45) is 0. The van der Waals surface area contributed by atoms with E-state index in [-0.39, 0.29) is 0 Å². The number of ether oxygens (including phenoxy) is 1. The van der Waals surface area contributed by atoms with Crippen molar-refractivity contribution < 1.29 is 4.74 Å². The summed E-state index contributed by atoms with van der Waals surface area (Å²) in [5.41, 5.74) is 7.72. The lowest BCUT2D eigenvalue weighted by molar-refractivity contribution is 0.481. The number of nitrogen functional groups attached to an aromatic ring is 1. The van der Waals surface area contributed by atoms with Crippen molar-refractivity contribution in [3.8, 4) is 17.6 Å². The van der Waals surface area contributed by atoms with E-state index >= 15 is 0 Å². The van der Waals surface area contributed by atoms with Crippen molar-refractivity contribution in [1.29, 1.82) is 5.26 Å². The van der Waals surface area contributed by atoms with Crippen LogP contribution in [0, 0.1) is 18.3 Å². The molecule has 4 heteroatoms. The molecule has 2 aromatic carbocycles. The molecule has 0 heterocycles. The average Bonchev–Trinajstić information content (AvgIpc) is 2.36. The predicted molar refractivity (Wildman–Crippen MR) is 71.8 cm³/mol. The fourth-order valence-electron chi connectivity index (χ4n) is 1.52. The van der Waals surface area contributed by atoms with Crippen LogP contribution in [0.2, 0.25) is 5.02 Å². The predicted octanol–water partition coefficient (Wildman–Crippen LogP) is 3.89. The molecule has 0 saturated heterocycles. The zero-order valence-corrected chi connectivity index (χ0v) is 10.5. The van der Waals surface area contributed by atoms with Gasteiger partial charge in [-0.05, 0) is 36.8 Å². The standard InChI is InChI=1S/C14H11ClN2O/c1-9-5-6-10(8-16)7-13(9)18-14-11(15)3-2-4-12(14)17/h2-7H,17H2,1H3. The molecule has 2 rings (SSSR count). The Morgan fingerprint density at radius 3 is 2.72 bits per heavy atom. The average molecular weight is 259 g/mol. The minimum Gasteiger partial charge on any atom is -0.453 e. The van der Waals surface area contributed by atoms with Gasteiger partial charge in [0.05, 0.1) is 22.3 Å². The summed E-state index contributed by atoms with van der Waals surface area (Å²) < 4.78 is 5.71. The first kappa shape index (κ1) is 12.3. The molecule has 18 heavy (non-hydrogen) atoms. The molecule has 2 aromatic rings. The Hall–Kier alpha value is -2.18. The second-order valence-electron chi connectivity index (χ2n) is 3.85. The molecule has 3 nitrogen and oxygen atoms in total. The van der Waals surface area contributed by atoms with E-state index in [0.29, 0.717) is 27.8 Å². The van der Waals surface area contributed by atoms with Crippen LogP contribution in [0.25, 0.3) is 0 Å². The van der Waals surface area contributed by atoms with E-state index in [4.69, 9.17) is 27.3 Å². The Morgan fingerprint density at radius 2 is 2.06 bits per heavy atom. The smallest absolute Gasteiger partial charge is 0.168 e. The van der Waals surface area contributed by atoms with Crippen LogP contribution in [0.3, 0.4) is 0 Å². The Balaban J connectivity index is 2.43. The fraction of sp³-hybridized carbons (Fsp3) is 0.0714. The third-order valence-electron chi connectivity index (χ3n) is 2.53. The number of benzene rings is 2. The van der Waals surface area contributed by atoms with Crippen LogP contribution in [0.15, 0.2) is 36.4 Å². The molecular weight excluding hydrogens is 248 g/mol. The molecule has 0 aliphatic heterocycles. The van der Waals surface area contributed by atoms with Crippen LogP contribution in [0.1, 0.15) is 11.1 Å². The van der Waals surface area contributed by atoms with E-state index in [0.717, 1.165) is 5.56 Å². The molecule has 0 saturated carbocycles. The van der Waals surface area contributed by atoms with E-state index < -0.39 is 0 Å². The molecule has 0 aliphatic carbocycles. The van der Waals surface area contributed by atoms with E-state index in [1.165, 1.54) is 0 Å². The number of rotatable bonds is 2. The van der Waals surface area contributed by atoms with Gasteiger partial charge in [0.15, 0.2) is 5.75 Å². The molecule has 2 N–H and O–H groups in total. The van der Waals surface area contributed by atoms with E-state index in [9.17, 15) is 0 Å². The van der Waals surface area contributed by atoms with Crippen LogP contribution in [0.4, 0.5) is 5.69 Å². The molecule has 90 valence electrons. The largest absolute Gasteiger partial charge is 0.453 e. The minimum absolute atomic E-state index is 0.414. The lowest BCUT2D eigenvalue weighted by Gasteiger charge is -2.12.